The molecule has 146 valence electrons. The Balaban J connectivity index is 1.52. The molecule has 0 spiro atoms. The number of nitrogens with zero attached hydrogens (tertiary/aromatic N) is 5. The molecule has 1 saturated heterocycles. The first-order valence-electron chi connectivity index (χ1n) is 9.62. The first-order valence-corrected chi connectivity index (χ1v) is 9.62. The van der Waals surface area contributed by atoms with E-state index in [1.165, 1.54) is 15.9 Å². The summed E-state index contributed by atoms with van der Waals surface area (Å²) in [6, 6.07) is 14.3. The Bertz CT molecular complexity index is 978. The first kappa shape index (κ1) is 18.4. The van der Waals surface area contributed by atoms with Gasteiger partial charge < -0.3 is 15.1 Å². The molecule has 1 atom stereocenters. The zero-order valence-electron chi connectivity index (χ0n) is 16.6. The maximum atomic E-state index is 13.0. The zero-order valence-corrected chi connectivity index (χ0v) is 16.6. The van der Waals surface area contributed by atoms with Gasteiger partial charge in [0.05, 0.1) is 11.7 Å². The second-order valence-electron chi connectivity index (χ2n) is 7.62. The lowest BCUT2D eigenvalue weighted by Gasteiger charge is -2.25. The molecule has 1 aliphatic heterocycles. The number of hydrogen-bond acceptors (Lipinski definition) is 4. The molecule has 1 aromatic heterocycles. The number of likely N-dealkylation sites (tertiary alicyclic amines) is 1. The smallest absolute Gasteiger partial charge is 0.317 e. The Labute approximate surface area is 164 Å². The number of amides is 2. The molecule has 0 bridgehead atoms. The summed E-state index contributed by atoms with van der Waals surface area (Å²) < 4.78 is 0. The number of nitrogens with one attached hydrogen (secondary N) is 1. The number of aromatic nitrogens is 3. The highest BCUT2D eigenvalue weighted by atomic mass is 16.2. The average molecular weight is 378 g/mol. The molecule has 0 radical (unpaired) electrons. The van der Waals surface area contributed by atoms with E-state index in [4.69, 9.17) is 0 Å². The minimum Gasteiger partial charge on any atom is -0.317 e. The third kappa shape index (κ3) is 3.71. The van der Waals surface area contributed by atoms with Crippen molar-refractivity contribution in [2.75, 3.05) is 26.0 Å². The number of urea groups is 1. The Kier molecular flexibility index (Phi) is 5.00. The van der Waals surface area contributed by atoms with Crippen LogP contribution in [0.25, 0.3) is 11.0 Å². The van der Waals surface area contributed by atoms with Gasteiger partial charge in [-0.05, 0) is 50.2 Å². The number of carbonyl (C=O) groups is 1. The molecule has 2 aromatic carbocycles. The Morgan fingerprint density at radius 3 is 2.71 bits per heavy atom. The number of carbonyl (C=O) groups excluding carboxylic acids is 1. The quantitative estimate of drug-likeness (QED) is 0.756. The minimum absolute atomic E-state index is 0.0852. The molecule has 0 aliphatic carbocycles. The molecule has 1 N–H and O–H groups in total. The summed E-state index contributed by atoms with van der Waals surface area (Å²) in [4.78, 5) is 18.6. The summed E-state index contributed by atoms with van der Waals surface area (Å²) in [7, 11) is 5.91. The second-order valence-corrected chi connectivity index (χ2v) is 7.62. The summed E-state index contributed by atoms with van der Waals surface area (Å²) in [5, 5.41) is 11.7. The molecule has 28 heavy (non-hydrogen) atoms. The van der Waals surface area contributed by atoms with Gasteiger partial charge >= 0.3 is 6.03 Å². The molecule has 1 aliphatic rings. The fourth-order valence-electron chi connectivity index (χ4n) is 3.89. The summed E-state index contributed by atoms with van der Waals surface area (Å²) in [6.45, 7) is 1.67. The Morgan fingerprint density at radius 2 is 1.96 bits per heavy atom. The van der Waals surface area contributed by atoms with Crippen molar-refractivity contribution < 1.29 is 4.79 Å². The average Bonchev–Trinajstić information content (AvgIpc) is 3.28. The van der Waals surface area contributed by atoms with E-state index in [0.717, 1.165) is 31.4 Å². The van der Waals surface area contributed by atoms with Crippen molar-refractivity contribution in [1.82, 2.24) is 24.8 Å². The third-order valence-electron chi connectivity index (χ3n) is 5.13. The van der Waals surface area contributed by atoms with Crippen LogP contribution in [0.15, 0.2) is 42.5 Å². The molecule has 7 nitrogen and oxygen atoms in total. The lowest BCUT2D eigenvalue weighted by Crippen LogP contribution is -2.34. The first-order chi connectivity index (χ1) is 13.5. The maximum Gasteiger partial charge on any atom is 0.322 e. The predicted molar refractivity (Wildman–Crippen MR) is 110 cm³/mol. The van der Waals surface area contributed by atoms with E-state index in [1.54, 1.807) is 7.05 Å². The second kappa shape index (κ2) is 7.59. The summed E-state index contributed by atoms with van der Waals surface area (Å²) >= 11 is 0. The lowest BCUT2D eigenvalue weighted by atomic mass is 10.0. The van der Waals surface area contributed by atoms with Crippen LogP contribution in [-0.2, 0) is 13.6 Å². The van der Waals surface area contributed by atoms with Crippen molar-refractivity contribution in [3.05, 3.63) is 53.6 Å². The van der Waals surface area contributed by atoms with E-state index in [9.17, 15) is 4.79 Å². The monoisotopic (exact) mass is 378 g/mol. The van der Waals surface area contributed by atoms with Crippen molar-refractivity contribution in [2.45, 2.75) is 25.4 Å². The number of benzene rings is 2. The van der Waals surface area contributed by atoms with E-state index in [-0.39, 0.29) is 12.1 Å². The molecule has 1 fully saturated rings. The lowest BCUT2D eigenvalue weighted by molar-refractivity contribution is 0.207. The number of fused-ring (bicyclic) bond motifs is 1. The number of hydrogen-bond donors (Lipinski definition) is 1. The summed E-state index contributed by atoms with van der Waals surface area (Å²) in [5.74, 6) is 0. The minimum atomic E-state index is -0.0852. The molecule has 2 heterocycles. The van der Waals surface area contributed by atoms with Gasteiger partial charge in [0, 0.05) is 20.1 Å². The van der Waals surface area contributed by atoms with E-state index in [0.29, 0.717) is 11.2 Å². The number of aryl methyl sites for hydroxylation is 1. The van der Waals surface area contributed by atoms with Crippen LogP contribution in [0.5, 0.6) is 0 Å². The summed E-state index contributed by atoms with van der Waals surface area (Å²) in [6.07, 6.45) is 1.99. The molecular weight excluding hydrogens is 352 g/mol. The molecule has 0 saturated carbocycles. The standard InChI is InChI=1S/C21H26N6O/c1-25(2)14-15-9-11-16(12-10-15)19-8-5-13-27(19)21(28)22-17-6-4-7-18-20(17)24-26(3)23-18/h4,6-7,9-12,19H,5,8,13-14H2,1-3H3,(H,22,28). The van der Waals surface area contributed by atoms with Crippen molar-refractivity contribution in [1.29, 1.82) is 0 Å². The Hall–Kier alpha value is -2.93. The van der Waals surface area contributed by atoms with Crippen molar-refractivity contribution in [3.63, 3.8) is 0 Å². The Morgan fingerprint density at radius 1 is 1.18 bits per heavy atom. The van der Waals surface area contributed by atoms with Gasteiger partial charge in [0.2, 0.25) is 0 Å². The largest absolute Gasteiger partial charge is 0.322 e. The van der Waals surface area contributed by atoms with Crippen molar-refractivity contribution >= 4 is 22.8 Å². The van der Waals surface area contributed by atoms with Crippen LogP contribution in [-0.4, -0.2) is 51.5 Å². The predicted octanol–water partition coefficient (Wildman–Crippen LogP) is 3.40. The summed E-state index contributed by atoms with van der Waals surface area (Å²) in [5.41, 5.74) is 4.64. The van der Waals surface area contributed by atoms with Crippen LogP contribution in [0.4, 0.5) is 10.5 Å². The molecule has 1 unspecified atom stereocenters. The van der Waals surface area contributed by atoms with Crippen LogP contribution in [0.3, 0.4) is 0 Å². The van der Waals surface area contributed by atoms with E-state index in [1.807, 2.05) is 23.1 Å². The van der Waals surface area contributed by atoms with Crippen LogP contribution in [0.1, 0.15) is 30.0 Å². The van der Waals surface area contributed by atoms with Gasteiger partial charge in [-0.1, -0.05) is 30.3 Å². The van der Waals surface area contributed by atoms with Gasteiger partial charge in [-0.3, -0.25) is 0 Å². The zero-order chi connectivity index (χ0) is 19.7. The SMILES string of the molecule is CN(C)Cc1ccc(C2CCCN2C(=O)Nc2cccc3nn(C)nc23)cc1. The molecule has 7 heteroatoms. The fraction of sp³-hybridized carbons (Fsp3) is 0.381. The maximum absolute atomic E-state index is 13.0. The normalized spacial score (nSPS) is 16.9. The van der Waals surface area contributed by atoms with Gasteiger partial charge in [-0.25, -0.2) is 4.79 Å². The molecule has 4 rings (SSSR count). The van der Waals surface area contributed by atoms with Gasteiger partial charge in [0.25, 0.3) is 0 Å². The highest BCUT2D eigenvalue weighted by Gasteiger charge is 2.30. The van der Waals surface area contributed by atoms with Crippen LogP contribution in [0.2, 0.25) is 0 Å². The van der Waals surface area contributed by atoms with Gasteiger partial charge in [0.15, 0.2) is 0 Å². The highest BCUT2D eigenvalue weighted by molar-refractivity contribution is 5.98. The van der Waals surface area contributed by atoms with E-state index in [2.05, 4.69) is 58.8 Å². The van der Waals surface area contributed by atoms with E-state index >= 15 is 0 Å². The number of rotatable bonds is 4. The van der Waals surface area contributed by atoms with E-state index < -0.39 is 0 Å². The van der Waals surface area contributed by atoms with Crippen molar-refractivity contribution in [2.24, 2.45) is 7.05 Å². The highest BCUT2D eigenvalue weighted by Crippen LogP contribution is 2.33. The molecule has 3 aromatic rings. The van der Waals surface area contributed by atoms with Gasteiger partial charge in [0.1, 0.15) is 11.0 Å². The molecular formula is C21H26N6O. The van der Waals surface area contributed by atoms with Crippen LogP contribution >= 0.6 is 0 Å². The fourth-order valence-corrected chi connectivity index (χ4v) is 3.89. The van der Waals surface area contributed by atoms with Crippen molar-refractivity contribution in [3.8, 4) is 0 Å². The topological polar surface area (TPSA) is 66.3 Å². The number of anilines is 1. The third-order valence-corrected chi connectivity index (χ3v) is 5.13. The molecule has 2 amide bonds. The van der Waals surface area contributed by atoms with Crippen LogP contribution in [0, 0.1) is 0 Å². The van der Waals surface area contributed by atoms with Gasteiger partial charge in [-0.15, -0.1) is 0 Å². The van der Waals surface area contributed by atoms with Crippen LogP contribution < -0.4 is 5.32 Å². The van der Waals surface area contributed by atoms with Gasteiger partial charge in [-0.2, -0.15) is 15.0 Å².